The first-order chi connectivity index (χ1) is 20.7. The Kier molecular flexibility index (Phi) is 27.9. The molecule has 0 aliphatic heterocycles. The van der Waals surface area contributed by atoms with E-state index in [1.54, 1.807) is 0 Å². The van der Waals surface area contributed by atoms with Gasteiger partial charge in [-0.05, 0) is 38.5 Å². The molecule has 2 N–H and O–H groups in total. The average molecular weight is 611 g/mol. The molecule has 0 radical (unpaired) electrons. The van der Waals surface area contributed by atoms with Gasteiger partial charge in [-0.15, -0.1) is 0 Å². The number of aliphatic carboxylic acids is 1. The van der Waals surface area contributed by atoms with Crippen molar-refractivity contribution in [3.05, 3.63) is 24.3 Å². The second-order valence-corrected chi connectivity index (χ2v) is 13.0. The van der Waals surface area contributed by atoms with Gasteiger partial charge in [0.25, 0.3) is 0 Å². The van der Waals surface area contributed by atoms with E-state index in [-0.39, 0.29) is 25.8 Å². The summed E-state index contributed by atoms with van der Waals surface area (Å²) in [6.45, 7) is 2.42. The number of carboxylic acids is 1. The third-order valence-electron chi connectivity index (χ3n) is 7.83. The molecule has 0 bridgehead atoms. The van der Waals surface area contributed by atoms with Crippen LogP contribution in [0.1, 0.15) is 142 Å². The minimum atomic E-state index is -0.906. The first-order valence-electron chi connectivity index (χ1n) is 17.4. The molecule has 7 heteroatoms. The van der Waals surface area contributed by atoms with Crippen molar-refractivity contribution in [2.75, 3.05) is 41.0 Å². The quantitative estimate of drug-likeness (QED) is 0.0354. The molecule has 0 saturated heterocycles. The summed E-state index contributed by atoms with van der Waals surface area (Å²) in [5.74, 6) is -1.16. The molecule has 0 saturated carbocycles. The van der Waals surface area contributed by atoms with Crippen LogP contribution in [0.2, 0.25) is 0 Å². The number of allylic oxidation sites excluding steroid dienone is 4. The van der Waals surface area contributed by atoms with Crippen molar-refractivity contribution < 1.29 is 33.8 Å². The number of rotatable bonds is 31. The maximum absolute atomic E-state index is 11.9. The molecule has 0 aromatic carbocycles. The third-order valence-corrected chi connectivity index (χ3v) is 7.83. The number of quaternary nitrogens is 1. The molecular weight excluding hydrogens is 542 g/mol. The Morgan fingerprint density at radius 3 is 1.67 bits per heavy atom. The van der Waals surface area contributed by atoms with E-state index < -0.39 is 18.1 Å². The van der Waals surface area contributed by atoms with Crippen molar-refractivity contribution in [2.45, 2.75) is 154 Å². The van der Waals surface area contributed by atoms with Gasteiger partial charge in [-0.3, -0.25) is 4.79 Å². The SMILES string of the molecule is CCCCCCCCCCC/C=C/C/C=C/CCCCCCCCCC(=O)OCC(O)COCCC(C(=O)O)[N+](C)(C)C. The van der Waals surface area contributed by atoms with Crippen LogP contribution in [0.25, 0.3) is 0 Å². The highest BCUT2D eigenvalue weighted by atomic mass is 16.5. The fourth-order valence-electron chi connectivity index (χ4n) is 5.06. The predicted octanol–water partition coefficient (Wildman–Crippen LogP) is 8.39. The normalized spacial score (nSPS) is 13.6. The zero-order chi connectivity index (χ0) is 32.0. The van der Waals surface area contributed by atoms with E-state index in [0.29, 0.717) is 17.3 Å². The molecule has 7 nitrogen and oxygen atoms in total. The number of carbonyl (C=O) groups is 2. The Labute approximate surface area is 264 Å². The van der Waals surface area contributed by atoms with E-state index in [2.05, 4.69) is 31.2 Å². The van der Waals surface area contributed by atoms with E-state index in [1.807, 2.05) is 21.1 Å². The topological polar surface area (TPSA) is 93.1 Å². The summed E-state index contributed by atoms with van der Waals surface area (Å²) in [5.41, 5.74) is 0. The van der Waals surface area contributed by atoms with Crippen LogP contribution < -0.4 is 0 Å². The molecule has 0 fully saturated rings. The molecule has 0 rings (SSSR count). The summed E-state index contributed by atoms with van der Waals surface area (Å²) in [7, 11) is 5.48. The number of aliphatic hydroxyl groups excluding tert-OH is 1. The van der Waals surface area contributed by atoms with Crippen LogP contribution in [0.5, 0.6) is 0 Å². The van der Waals surface area contributed by atoms with E-state index in [4.69, 9.17) is 9.47 Å². The summed E-state index contributed by atoms with van der Waals surface area (Å²) in [6.07, 6.45) is 32.9. The summed E-state index contributed by atoms with van der Waals surface area (Å²) in [5, 5.41) is 19.3. The lowest BCUT2D eigenvalue weighted by molar-refractivity contribution is -0.887. The lowest BCUT2D eigenvalue weighted by Crippen LogP contribution is -2.50. The predicted molar refractivity (Wildman–Crippen MR) is 178 cm³/mol. The fourth-order valence-corrected chi connectivity index (χ4v) is 5.06. The second kappa shape index (κ2) is 29.0. The summed E-state index contributed by atoms with van der Waals surface area (Å²) in [6, 6.07) is -0.575. The molecule has 2 atom stereocenters. The molecule has 2 unspecified atom stereocenters. The standard InChI is InChI=1S/C36H67NO6/c1-5-6-7-8-9-10-11-12-13-14-15-16-17-18-19-20-21-22-23-24-25-26-27-28-35(39)43-32-33(38)31-42-30-29-34(36(40)41)37(2,3)4/h15-16,18-19,33-34,38H,5-14,17,20-32H2,1-4H3/p+1/b16-15+,19-18+. The number of carboxylic acid groups (broad SMARTS) is 1. The van der Waals surface area contributed by atoms with Gasteiger partial charge in [-0.2, -0.15) is 0 Å². The van der Waals surface area contributed by atoms with Crippen LogP contribution >= 0.6 is 0 Å². The van der Waals surface area contributed by atoms with E-state index in [0.717, 1.165) is 32.1 Å². The highest BCUT2D eigenvalue weighted by Gasteiger charge is 2.30. The van der Waals surface area contributed by atoms with Gasteiger partial charge < -0.3 is 24.2 Å². The minimum Gasteiger partial charge on any atom is -0.477 e. The number of carbonyl (C=O) groups excluding carboxylic acids is 1. The number of ether oxygens (including phenoxy) is 2. The molecule has 0 heterocycles. The van der Waals surface area contributed by atoms with Crippen LogP contribution in [0, 0.1) is 0 Å². The highest BCUT2D eigenvalue weighted by molar-refractivity contribution is 5.72. The monoisotopic (exact) mass is 611 g/mol. The molecule has 0 amide bonds. The molecule has 0 aromatic heterocycles. The van der Waals surface area contributed by atoms with Gasteiger partial charge in [0.1, 0.15) is 12.7 Å². The lowest BCUT2D eigenvalue weighted by Gasteiger charge is -2.31. The van der Waals surface area contributed by atoms with Crippen LogP contribution in [0.4, 0.5) is 0 Å². The van der Waals surface area contributed by atoms with Gasteiger partial charge in [-0.25, -0.2) is 4.79 Å². The van der Waals surface area contributed by atoms with Gasteiger partial charge >= 0.3 is 11.9 Å². The summed E-state index contributed by atoms with van der Waals surface area (Å²) >= 11 is 0. The molecule has 0 aliphatic carbocycles. The van der Waals surface area contributed by atoms with E-state index >= 15 is 0 Å². The van der Waals surface area contributed by atoms with Gasteiger partial charge in [0.2, 0.25) is 0 Å². The summed E-state index contributed by atoms with van der Waals surface area (Å²) < 4.78 is 10.8. The van der Waals surface area contributed by atoms with E-state index in [9.17, 15) is 19.8 Å². The minimum absolute atomic E-state index is 0.0169. The first-order valence-corrected chi connectivity index (χ1v) is 17.4. The Morgan fingerprint density at radius 1 is 0.698 bits per heavy atom. The van der Waals surface area contributed by atoms with Crippen molar-refractivity contribution in [3.63, 3.8) is 0 Å². The van der Waals surface area contributed by atoms with Crippen LogP contribution in [0.15, 0.2) is 24.3 Å². The van der Waals surface area contributed by atoms with E-state index in [1.165, 1.54) is 89.9 Å². The Morgan fingerprint density at radius 2 is 1.19 bits per heavy atom. The summed E-state index contributed by atoms with van der Waals surface area (Å²) in [4.78, 5) is 23.3. The zero-order valence-electron chi connectivity index (χ0n) is 28.4. The third kappa shape index (κ3) is 28.8. The Bertz CT molecular complexity index is 715. The lowest BCUT2D eigenvalue weighted by atomic mass is 10.1. The maximum atomic E-state index is 11.9. The van der Waals surface area contributed by atoms with Gasteiger partial charge in [0.05, 0.1) is 34.4 Å². The Balaban J connectivity index is 3.49. The number of aliphatic hydroxyl groups is 1. The van der Waals surface area contributed by atoms with Crippen molar-refractivity contribution >= 4 is 11.9 Å². The van der Waals surface area contributed by atoms with Gasteiger partial charge in [-0.1, -0.05) is 115 Å². The average Bonchev–Trinajstić information content (AvgIpc) is 2.95. The highest BCUT2D eigenvalue weighted by Crippen LogP contribution is 2.12. The second-order valence-electron chi connectivity index (χ2n) is 13.0. The molecule has 0 spiro atoms. The number of likely N-dealkylation sites (N-methyl/N-ethyl adjacent to an activating group) is 1. The Hall–Kier alpha value is -1.70. The fraction of sp³-hybridized carbons (Fsp3) is 0.833. The van der Waals surface area contributed by atoms with Crippen molar-refractivity contribution in [3.8, 4) is 0 Å². The van der Waals surface area contributed by atoms with Crippen molar-refractivity contribution in [2.24, 2.45) is 0 Å². The molecule has 43 heavy (non-hydrogen) atoms. The molecule has 0 aromatic rings. The number of nitrogens with zero attached hydrogens (tertiary/aromatic N) is 1. The zero-order valence-corrected chi connectivity index (χ0v) is 28.4. The van der Waals surface area contributed by atoms with Gasteiger partial charge in [0, 0.05) is 12.8 Å². The smallest absolute Gasteiger partial charge is 0.362 e. The maximum Gasteiger partial charge on any atom is 0.362 e. The van der Waals surface area contributed by atoms with Gasteiger partial charge in [0.15, 0.2) is 6.04 Å². The van der Waals surface area contributed by atoms with Crippen LogP contribution in [0.3, 0.4) is 0 Å². The molecule has 252 valence electrons. The number of unbranched alkanes of at least 4 members (excludes halogenated alkanes) is 16. The first kappa shape index (κ1) is 41.3. The number of esters is 1. The molecule has 0 aliphatic rings. The molecular formula is C36H68NO6+. The number of hydrogen-bond acceptors (Lipinski definition) is 5. The van der Waals surface area contributed by atoms with Crippen LogP contribution in [-0.2, 0) is 19.1 Å². The largest absolute Gasteiger partial charge is 0.477 e. The number of hydrogen-bond donors (Lipinski definition) is 2. The van der Waals surface area contributed by atoms with Crippen molar-refractivity contribution in [1.29, 1.82) is 0 Å². The van der Waals surface area contributed by atoms with Crippen molar-refractivity contribution in [1.82, 2.24) is 0 Å². The van der Waals surface area contributed by atoms with Crippen LogP contribution in [-0.4, -0.2) is 79.7 Å².